The number of amides is 1. The van der Waals surface area contributed by atoms with Gasteiger partial charge in [-0.3, -0.25) is 4.79 Å². The van der Waals surface area contributed by atoms with Crippen LogP contribution in [0.5, 0.6) is 0 Å². The highest BCUT2D eigenvalue weighted by molar-refractivity contribution is 7.99. The molecule has 3 aromatic rings. The Bertz CT molecular complexity index is 1010. The molecule has 0 aliphatic heterocycles. The summed E-state index contributed by atoms with van der Waals surface area (Å²) in [6.45, 7) is 4.51. The fourth-order valence-corrected chi connectivity index (χ4v) is 3.77. The van der Waals surface area contributed by atoms with Crippen molar-refractivity contribution in [1.29, 1.82) is 0 Å². The molecule has 0 aliphatic rings. The van der Waals surface area contributed by atoms with Gasteiger partial charge in [0.2, 0.25) is 11.1 Å². The minimum atomic E-state index is -0.0356. The van der Waals surface area contributed by atoms with E-state index in [9.17, 15) is 4.79 Å². The minimum Gasteiger partial charge on any atom is -0.341 e. The number of benzene rings is 2. The molecule has 28 heavy (non-hydrogen) atoms. The maximum Gasteiger partial charge on any atom is 0.233 e. The van der Waals surface area contributed by atoms with Crippen LogP contribution in [0.3, 0.4) is 0 Å². The van der Waals surface area contributed by atoms with Crippen LogP contribution in [-0.2, 0) is 11.3 Å². The fraction of sp³-hybridized carbons (Fsp3) is 0.263. The Morgan fingerprint density at radius 3 is 2.71 bits per heavy atom. The van der Waals surface area contributed by atoms with E-state index in [1.165, 1.54) is 11.8 Å². The molecule has 0 aliphatic carbocycles. The van der Waals surface area contributed by atoms with Crippen LogP contribution in [0, 0.1) is 13.8 Å². The lowest BCUT2D eigenvalue weighted by atomic mass is 10.1. The molecule has 0 unspecified atom stereocenters. The highest BCUT2D eigenvalue weighted by atomic mass is 35.5. The number of hydrogen-bond donors (Lipinski definition) is 0. The van der Waals surface area contributed by atoms with Gasteiger partial charge in [0, 0.05) is 13.6 Å². The van der Waals surface area contributed by atoms with E-state index in [0.717, 1.165) is 22.4 Å². The van der Waals surface area contributed by atoms with E-state index in [-0.39, 0.29) is 11.7 Å². The smallest absolute Gasteiger partial charge is 0.233 e. The van der Waals surface area contributed by atoms with E-state index in [0.29, 0.717) is 21.7 Å². The first-order valence-corrected chi connectivity index (χ1v) is 10.3. The molecule has 2 aromatic carbocycles. The van der Waals surface area contributed by atoms with E-state index in [2.05, 4.69) is 15.5 Å². The molecule has 9 heteroatoms. The normalized spacial score (nSPS) is 10.9. The molecule has 1 heterocycles. The number of rotatable bonds is 6. The van der Waals surface area contributed by atoms with Crippen LogP contribution in [-0.4, -0.2) is 43.8 Å². The van der Waals surface area contributed by atoms with Crippen molar-refractivity contribution < 1.29 is 4.79 Å². The number of halogens is 2. The van der Waals surface area contributed by atoms with Gasteiger partial charge in [-0.25, -0.2) is 0 Å². The average molecular weight is 436 g/mol. The van der Waals surface area contributed by atoms with Gasteiger partial charge in [-0.05, 0) is 59.2 Å². The molecule has 0 radical (unpaired) electrons. The predicted octanol–water partition coefficient (Wildman–Crippen LogP) is 4.34. The Morgan fingerprint density at radius 1 is 1.18 bits per heavy atom. The molecule has 1 aromatic heterocycles. The molecule has 0 bridgehead atoms. The van der Waals surface area contributed by atoms with E-state index in [1.807, 2.05) is 38.1 Å². The maximum atomic E-state index is 12.5. The van der Waals surface area contributed by atoms with E-state index in [1.54, 1.807) is 28.8 Å². The quantitative estimate of drug-likeness (QED) is 0.538. The van der Waals surface area contributed by atoms with E-state index in [4.69, 9.17) is 23.2 Å². The van der Waals surface area contributed by atoms with Crippen molar-refractivity contribution in [2.45, 2.75) is 25.5 Å². The number of aryl methyl sites for hydroxylation is 1. The Balaban J connectivity index is 1.66. The first-order valence-electron chi connectivity index (χ1n) is 8.52. The summed E-state index contributed by atoms with van der Waals surface area (Å²) in [5.41, 5.74) is 4.07. The van der Waals surface area contributed by atoms with Gasteiger partial charge >= 0.3 is 0 Å². The van der Waals surface area contributed by atoms with Gasteiger partial charge in [0.25, 0.3) is 0 Å². The third kappa shape index (κ3) is 4.66. The average Bonchev–Trinajstić information content (AvgIpc) is 3.13. The van der Waals surface area contributed by atoms with Crippen molar-refractivity contribution in [1.82, 2.24) is 25.1 Å². The van der Waals surface area contributed by atoms with Crippen molar-refractivity contribution in [3.63, 3.8) is 0 Å². The highest BCUT2D eigenvalue weighted by Crippen LogP contribution is 2.24. The summed E-state index contributed by atoms with van der Waals surface area (Å²) >= 11 is 13.3. The van der Waals surface area contributed by atoms with Crippen molar-refractivity contribution in [2.75, 3.05) is 12.8 Å². The zero-order chi connectivity index (χ0) is 20.3. The monoisotopic (exact) mass is 435 g/mol. The summed E-state index contributed by atoms with van der Waals surface area (Å²) in [6, 6.07) is 11.3. The molecule has 6 nitrogen and oxygen atoms in total. The minimum absolute atomic E-state index is 0.0356. The number of carbonyl (C=O) groups is 1. The van der Waals surface area contributed by atoms with Crippen LogP contribution in [0.4, 0.5) is 0 Å². The third-order valence-electron chi connectivity index (χ3n) is 4.40. The number of tetrazole rings is 1. The van der Waals surface area contributed by atoms with Crippen LogP contribution >= 0.6 is 35.0 Å². The first-order chi connectivity index (χ1) is 13.4. The third-order valence-corrected chi connectivity index (χ3v) is 6.04. The Kier molecular flexibility index (Phi) is 6.59. The van der Waals surface area contributed by atoms with Crippen molar-refractivity contribution >= 4 is 40.9 Å². The molecule has 3 rings (SSSR count). The van der Waals surface area contributed by atoms with Gasteiger partial charge < -0.3 is 4.90 Å². The van der Waals surface area contributed by atoms with Gasteiger partial charge in [-0.1, -0.05) is 53.2 Å². The lowest BCUT2D eigenvalue weighted by Crippen LogP contribution is -2.27. The number of nitrogens with zero attached hydrogens (tertiary/aromatic N) is 5. The summed E-state index contributed by atoms with van der Waals surface area (Å²) in [5, 5.41) is 13.5. The molecule has 0 spiro atoms. The number of thioether (sulfide) groups is 1. The summed E-state index contributed by atoms with van der Waals surface area (Å²) in [5.74, 6) is 0.190. The van der Waals surface area contributed by atoms with Crippen LogP contribution < -0.4 is 0 Å². The second-order valence-electron chi connectivity index (χ2n) is 6.38. The molecular formula is C19H19Cl2N5OS. The summed E-state index contributed by atoms with van der Waals surface area (Å²) in [6.07, 6.45) is 0. The second-order valence-corrected chi connectivity index (χ2v) is 8.14. The maximum absolute atomic E-state index is 12.5. The molecule has 1 amide bonds. The standard InChI is InChI=1S/C19H19Cl2N5OS/c1-12-5-4-6-17(13(12)2)26-19(22-23-24-26)28-11-18(27)25(3)10-14-7-8-15(20)16(21)9-14/h4-9H,10-11H2,1-3H3. The largest absolute Gasteiger partial charge is 0.341 e. The zero-order valence-corrected chi connectivity index (χ0v) is 18.0. The van der Waals surface area contributed by atoms with E-state index >= 15 is 0 Å². The summed E-state index contributed by atoms with van der Waals surface area (Å²) in [4.78, 5) is 14.2. The lowest BCUT2D eigenvalue weighted by molar-refractivity contribution is -0.127. The number of aromatic nitrogens is 4. The Morgan fingerprint density at radius 2 is 1.96 bits per heavy atom. The van der Waals surface area contributed by atoms with Crippen molar-refractivity contribution in [2.24, 2.45) is 0 Å². The van der Waals surface area contributed by atoms with Crippen LogP contribution in [0.15, 0.2) is 41.6 Å². The molecular weight excluding hydrogens is 417 g/mol. The van der Waals surface area contributed by atoms with Gasteiger partial charge in [0.15, 0.2) is 0 Å². The second kappa shape index (κ2) is 8.94. The highest BCUT2D eigenvalue weighted by Gasteiger charge is 2.16. The summed E-state index contributed by atoms with van der Waals surface area (Å²) in [7, 11) is 1.75. The van der Waals surface area contributed by atoms with Crippen molar-refractivity contribution in [3.05, 3.63) is 63.1 Å². The van der Waals surface area contributed by atoms with Crippen molar-refractivity contribution in [3.8, 4) is 5.69 Å². The molecule has 0 atom stereocenters. The zero-order valence-electron chi connectivity index (χ0n) is 15.7. The Hall–Kier alpha value is -2.09. The van der Waals surface area contributed by atoms with Crippen LogP contribution in [0.1, 0.15) is 16.7 Å². The van der Waals surface area contributed by atoms with Gasteiger partial charge in [-0.2, -0.15) is 4.68 Å². The van der Waals surface area contributed by atoms with Gasteiger partial charge in [0.05, 0.1) is 21.5 Å². The number of hydrogen-bond acceptors (Lipinski definition) is 5. The first kappa shape index (κ1) is 20.6. The topological polar surface area (TPSA) is 63.9 Å². The molecule has 146 valence electrons. The van der Waals surface area contributed by atoms with Gasteiger partial charge in [-0.15, -0.1) is 5.10 Å². The molecule has 0 saturated heterocycles. The fourth-order valence-electron chi connectivity index (χ4n) is 2.62. The van der Waals surface area contributed by atoms with Gasteiger partial charge in [0.1, 0.15) is 0 Å². The molecule has 0 saturated carbocycles. The number of carbonyl (C=O) groups excluding carboxylic acids is 1. The van der Waals surface area contributed by atoms with E-state index < -0.39 is 0 Å². The predicted molar refractivity (Wildman–Crippen MR) is 112 cm³/mol. The molecule has 0 N–H and O–H groups in total. The lowest BCUT2D eigenvalue weighted by Gasteiger charge is -2.17. The Labute approximate surface area is 177 Å². The summed E-state index contributed by atoms with van der Waals surface area (Å²) < 4.78 is 1.67. The SMILES string of the molecule is Cc1cccc(-n2nnnc2SCC(=O)N(C)Cc2ccc(Cl)c(Cl)c2)c1C. The molecule has 0 fully saturated rings. The van der Waals surface area contributed by atoms with Crippen LogP contribution in [0.2, 0.25) is 10.0 Å². The van der Waals surface area contributed by atoms with Crippen LogP contribution in [0.25, 0.3) is 5.69 Å².